The first-order chi connectivity index (χ1) is 14.7. The minimum atomic E-state index is -0.655. The van der Waals surface area contributed by atoms with E-state index in [1.54, 1.807) is 59.1 Å². The van der Waals surface area contributed by atoms with Crippen molar-refractivity contribution in [1.29, 1.82) is 0 Å². The van der Waals surface area contributed by atoms with Crippen LogP contribution in [0.3, 0.4) is 0 Å². The van der Waals surface area contributed by atoms with Gasteiger partial charge in [-0.05, 0) is 29.8 Å². The van der Waals surface area contributed by atoms with Crippen molar-refractivity contribution in [3.63, 3.8) is 0 Å². The molecule has 2 aromatic heterocycles. The number of hydrogen-bond acceptors (Lipinski definition) is 4. The molecule has 6 heteroatoms. The largest absolute Gasteiger partial charge is 0.456 e. The van der Waals surface area contributed by atoms with Crippen molar-refractivity contribution in [2.45, 2.75) is 6.61 Å². The van der Waals surface area contributed by atoms with Crippen molar-refractivity contribution >= 4 is 29.0 Å². The van der Waals surface area contributed by atoms with Crippen molar-refractivity contribution in [2.24, 2.45) is 0 Å². The summed E-state index contributed by atoms with van der Waals surface area (Å²) in [4.78, 5) is 40.6. The number of carbonyl (C=O) groups excluding carboxylic acids is 3. The second kappa shape index (κ2) is 7.00. The zero-order chi connectivity index (χ0) is 20.7. The first-order valence-corrected chi connectivity index (χ1v) is 9.45. The first-order valence-electron chi connectivity index (χ1n) is 9.45. The molecular weight excluding hydrogens is 380 g/mol. The van der Waals surface area contributed by atoms with Crippen LogP contribution >= 0.6 is 0 Å². The molecule has 146 valence electrons. The summed E-state index contributed by atoms with van der Waals surface area (Å²) in [6.07, 6.45) is 1.65. The van der Waals surface area contributed by atoms with Gasteiger partial charge in [0, 0.05) is 6.20 Å². The third-order valence-corrected chi connectivity index (χ3v) is 5.10. The molecule has 0 aliphatic carbocycles. The van der Waals surface area contributed by atoms with Crippen LogP contribution in [0.5, 0.6) is 0 Å². The van der Waals surface area contributed by atoms with E-state index in [4.69, 9.17) is 4.74 Å². The number of para-hydroxylation sites is 1. The zero-order valence-electron chi connectivity index (χ0n) is 15.8. The number of carbonyl (C=O) groups is 3. The van der Waals surface area contributed by atoms with Gasteiger partial charge >= 0.3 is 5.97 Å². The summed E-state index contributed by atoms with van der Waals surface area (Å²) in [5.74, 6) is -1.64. The Hall–Kier alpha value is -4.19. The zero-order valence-corrected chi connectivity index (χ0v) is 15.8. The Morgan fingerprint density at radius 3 is 2.13 bits per heavy atom. The Morgan fingerprint density at radius 1 is 0.767 bits per heavy atom. The van der Waals surface area contributed by atoms with E-state index in [9.17, 15) is 14.4 Å². The quantitative estimate of drug-likeness (QED) is 0.385. The van der Waals surface area contributed by atoms with E-state index in [0.717, 1.165) is 10.5 Å². The summed E-state index contributed by atoms with van der Waals surface area (Å²) in [6.45, 7) is 0.0685. The van der Waals surface area contributed by atoms with Gasteiger partial charge in [0.1, 0.15) is 12.3 Å². The number of fused-ring (bicyclic) bond motifs is 3. The molecule has 4 aromatic rings. The van der Waals surface area contributed by atoms with Crippen LogP contribution in [0.25, 0.3) is 5.52 Å². The van der Waals surface area contributed by atoms with Crippen LogP contribution in [0.15, 0.2) is 85.1 Å². The standard InChI is InChI=1S/C24H16N2O4/c27-22-19-18-13-7-8-14-25(18)21(24(29)30-15-16-9-3-1-4-10-16)20(19)23(28)26(22)17-11-5-2-6-12-17/h1-14H,15H2. The van der Waals surface area contributed by atoms with E-state index >= 15 is 0 Å². The maximum atomic E-state index is 13.3. The molecule has 2 aromatic carbocycles. The SMILES string of the molecule is O=C(OCc1ccccc1)c1c2c(c3ccccn13)C(=O)N(c1ccccc1)C2=O. The third kappa shape index (κ3) is 2.69. The minimum absolute atomic E-state index is 0.0633. The Labute approximate surface area is 171 Å². The van der Waals surface area contributed by atoms with Gasteiger partial charge in [0.15, 0.2) is 0 Å². The molecule has 30 heavy (non-hydrogen) atoms. The Balaban J connectivity index is 1.60. The number of rotatable bonds is 4. The fourth-order valence-electron chi connectivity index (χ4n) is 3.75. The fraction of sp³-hybridized carbons (Fsp3) is 0.0417. The Kier molecular flexibility index (Phi) is 4.17. The van der Waals surface area contributed by atoms with Crippen LogP contribution in [0.1, 0.15) is 36.8 Å². The molecule has 0 N–H and O–H groups in total. The van der Waals surface area contributed by atoms with Crippen LogP contribution in [-0.4, -0.2) is 22.2 Å². The lowest BCUT2D eigenvalue weighted by molar-refractivity contribution is 0.0461. The highest BCUT2D eigenvalue weighted by Gasteiger charge is 2.44. The highest BCUT2D eigenvalue weighted by Crippen LogP contribution is 2.35. The molecule has 0 atom stereocenters. The van der Waals surface area contributed by atoms with Gasteiger partial charge in [-0.1, -0.05) is 54.6 Å². The predicted molar refractivity (Wildman–Crippen MR) is 111 cm³/mol. The third-order valence-electron chi connectivity index (χ3n) is 5.10. The van der Waals surface area contributed by atoms with Gasteiger partial charge in [-0.15, -0.1) is 0 Å². The predicted octanol–water partition coefficient (Wildman–Crippen LogP) is 4.10. The summed E-state index contributed by atoms with van der Waals surface area (Å²) in [5, 5.41) is 0. The average molecular weight is 396 g/mol. The van der Waals surface area contributed by atoms with Gasteiger partial charge in [-0.3, -0.25) is 9.59 Å². The Morgan fingerprint density at radius 2 is 1.40 bits per heavy atom. The number of amides is 2. The first kappa shape index (κ1) is 17.9. The van der Waals surface area contributed by atoms with Gasteiger partial charge < -0.3 is 9.14 Å². The molecule has 1 aliphatic rings. The molecule has 3 heterocycles. The van der Waals surface area contributed by atoms with Gasteiger partial charge in [0.05, 0.1) is 22.3 Å². The maximum absolute atomic E-state index is 13.3. The van der Waals surface area contributed by atoms with Crippen LogP contribution in [0, 0.1) is 0 Å². The van der Waals surface area contributed by atoms with E-state index in [1.165, 1.54) is 0 Å². The van der Waals surface area contributed by atoms with E-state index in [0.29, 0.717) is 11.2 Å². The number of nitrogens with zero attached hydrogens (tertiary/aromatic N) is 2. The molecule has 6 nitrogen and oxygen atoms in total. The topological polar surface area (TPSA) is 68.1 Å². The van der Waals surface area contributed by atoms with Crippen LogP contribution in [0.4, 0.5) is 5.69 Å². The summed E-state index contributed by atoms with van der Waals surface area (Å²) in [7, 11) is 0. The highest BCUT2D eigenvalue weighted by molar-refractivity contribution is 6.38. The molecule has 2 amide bonds. The van der Waals surface area contributed by atoms with Crippen molar-refractivity contribution in [1.82, 2.24) is 4.40 Å². The summed E-state index contributed by atoms with van der Waals surface area (Å²) < 4.78 is 7.04. The number of aromatic nitrogens is 1. The molecule has 0 unspecified atom stereocenters. The van der Waals surface area contributed by atoms with Crippen molar-refractivity contribution in [3.05, 3.63) is 107 Å². The number of anilines is 1. The smallest absolute Gasteiger partial charge is 0.356 e. The number of esters is 1. The van der Waals surface area contributed by atoms with Crippen molar-refractivity contribution < 1.29 is 19.1 Å². The molecule has 0 radical (unpaired) electrons. The molecule has 5 rings (SSSR count). The second-order valence-electron chi connectivity index (χ2n) is 6.90. The molecule has 1 aliphatic heterocycles. The average Bonchev–Trinajstić information content (AvgIpc) is 3.26. The summed E-state index contributed by atoms with van der Waals surface area (Å²) in [6, 6.07) is 23.2. The fourth-order valence-corrected chi connectivity index (χ4v) is 3.75. The van der Waals surface area contributed by atoms with Crippen molar-refractivity contribution in [3.8, 4) is 0 Å². The minimum Gasteiger partial charge on any atom is -0.456 e. The highest BCUT2D eigenvalue weighted by atomic mass is 16.5. The van der Waals surface area contributed by atoms with Crippen LogP contribution in [0.2, 0.25) is 0 Å². The molecule has 0 saturated carbocycles. The van der Waals surface area contributed by atoms with Crippen LogP contribution in [-0.2, 0) is 11.3 Å². The number of ether oxygens (including phenoxy) is 1. The van der Waals surface area contributed by atoms with E-state index in [1.807, 2.05) is 30.3 Å². The molecule has 0 saturated heterocycles. The van der Waals surface area contributed by atoms with Gasteiger partial charge in [-0.25, -0.2) is 9.69 Å². The van der Waals surface area contributed by atoms with E-state index < -0.39 is 17.8 Å². The summed E-state index contributed by atoms with van der Waals surface area (Å²) in [5.41, 5.74) is 2.14. The number of hydrogen-bond donors (Lipinski definition) is 0. The lowest BCUT2D eigenvalue weighted by Gasteiger charge is -2.15. The van der Waals surface area contributed by atoms with Gasteiger partial charge in [0.2, 0.25) is 0 Å². The maximum Gasteiger partial charge on any atom is 0.356 e. The number of pyridine rings is 1. The number of imide groups is 1. The van der Waals surface area contributed by atoms with Crippen molar-refractivity contribution in [2.75, 3.05) is 4.90 Å². The second-order valence-corrected chi connectivity index (χ2v) is 6.90. The number of benzene rings is 2. The van der Waals surface area contributed by atoms with E-state index in [-0.39, 0.29) is 23.4 Å². The lowest BCUT2D eigenvalue weighted by Crippen LogP contribution is -2.30. The van der Waals surface area contributed by atoms with Gasteiger partial charge in [-0.2, -0.15) is 0 Å². The summed E-state index contributed by atoms with van der Waals surface area (Å²) >= 11 is 0. The van der Waals surface area contributed by atoms with Gasteiger partial charge in [0.25, 0.3) is 11.8 Å². The normalized spacial score (nSPS) is 13.0. The monoisotopic (exact) mass is 396 g/mol. The van der Waals surface area contributed by atoms with E-state index in [2.05, 4.69) is 0 Å². The molecular formula is C24H16N2O4. The molecule has 0 bridgehead atoms. The van der Waals surface area contributed by atoms with Crippen LogP contribution < -0.4 is 4.90 Å². The Bertz CT molecular complexity index is 1290. The molecule has 0 spiro atoms. The lowest BCUT2D eigenvalue weighted by atomic mass is 10.1. The molecule has 0 fully saturated rings.